The van der Waals surface area contributed by atoms with Crippen molar-refractivity contribution in [1.82, 2.24) is 10.2 Å². The summed E-state index contributed by atoms with van der Waals surface area (Å²) in [6.45, 7) is 12.0. The van der Waals surface area contributed by atoms with Crippen LogP contribution in [0.25, 0.3) is 0 Å². The molecule has 0 heterocycles. The fourth-order valence-corrected chi connectivity index (χ4v) is 2.91. The highest BCUT2D eigenvalue weighted by Gasteiger charge is 2.20. The van der Waals surface area contributed by atoms with E-state index in [4.69, 9.17) is 0 Å². The molecular formula is C22H32N2. The van der Waals surface area contributed by atoms with Gasteiger partial charge in [0.15, 0.2) is 0 Å². The maximum atomic E-state index is 3.68. The van der Waals surface area contributed by atoms with Gasteiger partial charge in [0.1, 0.15) is 0 Å². The van der Waals surface area contributed by atoms with Gasteiger partial charge >= 0.3 is 0 Å². The van der Waals surface area contributed by atoms with Gasteiger partial charge in [-0.3, -0.25) is 4.90 Å². The summed E-state index contributed by atoms with van der Waals surface area (Å²) in [5, 5.41) is 3.68. The molecule has 2 aromatic carbocycles. The van der Waals surface area contributed by atoms with Crippen molar-refractivity contribution in [2.24, 2.45) is 0 Å². The highest BCUT2D eigenvalue weighted by Crippen LogP contribution is 2.16. The Morgan fingerprint density at radius 2 is 1.29 bits per heavy atom. The van der Waals surface area contributed by atoms with Gasteiger partial charge in [-0.25, -0.2) is 0 Å². The van der Waals surface area contributed by atoms with Gasteiger partial charge in [0.25, 0.3) is 0 Å². The van der Waals surface area contributed by atoms with Crippen molar-refractivity contribution in [1.29, 1.82) is 0 Å². The lowest BCUT2D eigenvalue weighted by atomic mass is 10.1. The molecule has 1 atom stereocenters. The van der Waals surface area contributed by atoms with E-state index in [-0.39, 0.29) is 5.54 Å². The molecule has 2 heteroatoms. The first-order valence-electron chi connectivity index (χ1n) is 9.05. The first-order valence-corrected chi connectivity index (χ1v) is 9.05. The van der Waals surface area contributed by atoms with Crippen molar-refractivity contribution in [3.05, 3.63) is 71.8 Å². The molecule has 0 aliphatic rings. The molecule has 0 amide bonds. The Labute approximate surface area is 147 Å². The van der Waals surface area contributed by atoms with E-state index >= 15 is 0 Å². The van der Waals surface area contributed by atoms with Crippen LogP contribution in [0.4, 0.5) is 0 Å². The van der Waals surface area contributed by atoms with Crippen LogP contribution in [0.1, 0.15) is 45.2 Å². The van der Waals surface area contributed by atoms with Gasteiger partial charge in [-0.1, -0.05) is 67.6 Å². The summed E-state index contributed by atoms with van der Waals surface area (Å²) in [4.78, 5) is 2.60. The van der Waals surface area contributed by atoms with Gasteiger partial charge < -0.3 is 5.32 Å². The number of hydrogen-bond acceptors (Lipinski definition) is 2. The van der Waals surface area contributed by atoms with E-state index in [9.17, 15) is 0 Å². The van der Waals surface area contributed by atoms with Crippen LogP contribution in [0, 0.1) is 0 Å². The van der Waals surface area contributed by atoms with E-state index in [2.05, 4.69) is 98.6 Å². The zero-order chi connectivity index (χ0) is 17.4. The van der Waals surface area contributed by atoms with Crippen LogP contribution >= 0.6 is 0 Å². The van der Waals surface area contributed by atoms with E-state index in [0.29, 0.717) is 6.04 Å². The Balaban J connectivity index is 2.13. The van der Waals surface area contributed by atoms with Gasteiger partial charge in [0, 0.05) is 31.2 Å². The Hall–Kier alpha value is -1.64. The zero-order valence-corrected chi connectivity index (χ0v) is 15.6. The van der Waals surface area contributed by atoms with Crippen LogP contribution in [0.5, 0.6) is 0 Å². The summed E-state index contributed by atoms with van der Waals surface area (Å²) in [7, 11) is 0. The summed E-state index contributed by atoms with van der Waals surface area (Å²) in [6, 6.07) is 22.1. The van der Waals surface area contributed by atoms with Gasteiger partial charge in [-0.15, -0.1) is 0 Å². The van der Waals surface area contributed by atoms with E-state index in [1.54, 1.807) is 0 Å². The quantitative estimate of drug-likeness (QED) is 0.746. The average Bonchev–Trinajstić information content (AvgIpc) is 2.56. The smallest absolute Gasteiger partial charge is 0.0240 e. The van der Waals surface area contributed by atoms with Crippen molar-refractivity contribution in [2.75, 3.05) is 6.54 Å². The second-order valence-corrected chi connectivity index (χ2v) is 7.57. The van der Waals surface area contributed by atoms with Crippen molar-refractivity contribution in [3.63, 3.8) is 0 Å². The Kier molecular flexibility index (Phi) is 7.01. The van der Waals surface area contributed by atoms with Crippen LogP contribution in [-0.2, 0) is 13.1 Å². The molecule has 2 nitrogen and oxygen atoms in total. The Bertz CT molecular complexity index is 530. The molecule has 0 aliphatic heterocycles. The average molecular weight is 325 g/mol. The normalized spacial score (nSPS) is 13.2. The minimum absolute atomic E-state index is 0.151. The highest BCUT2D eigenvalue weighted by molar-refractivity contribution is 5.17. The van der Waals surface area contributed by atoms with Gasteiger partial charge in [-0.2, -0.15) is 0 Å². The second-order valence-electron chi connectivity index (χ2n) is 7.57. The van der Waals surface area contributed by atoms with Crippen molar-refractivity contribution >= 4 is 0 Å². The SMILES string of the molecule is CCC(CNC(C)(C)C)N(Cc1ccccc1)Cc1ccccc1. The fraction of sp³-hybridized carbons (Fsp3) is 0.455. The number of nitrogens with one attached hydrogen (secondary N) is 1. The first kappa shape index (κ1) is 18.7. The standard InChI is InChI=1S/C22H32N2/c1-5-21(16-23-22(2,3)4)24(17-19-12-8-6-9-13-19)18-20-14-10-7-11-15-20/h6-15,21,23H,5,16-18H2,1-4H3. The number of hydrogen-bond donors (Lipinski definition) is 1. The zero-order valence-electron chi connectivity index (χ0n) is 15.6. The summed E-state index contributed by atoms with van der Waals surface area (Å²) >= 11 is 0. The molecule has 0 radical (unpaired) electrons. The van der Waals surface area contributed by atoms with Crippen LogP contribution in [0.2, 0.25) is 0 Å². The molecule has 0 aliphatic carbocycles. The summed E-state index contributed by atoms with van der Waals surface area (Å²) in [6.07, 6.45) is 1.14. The predicted molar refractivity (Wildman–Crippen MR) is 104 cm³/mol. The molecule has 1 unspecified atom stereocenters. The van der Waals surface area contributed by atoms with E-state index in [1.807, 2.05) is 0 Å². The molecule has 0 bridgehead atoms. The molecule has 24 heavy (non-hydrogen) atoms. The molecule has 0 aromatic heterocycles. The topological polar surface area (TPSA) is 15.3 Å². The third-order valence-electron chi connectivity index (χ3n) is 4.31. The molecule has 1 N–H and O–H groups in total. The van der Waals surface area contributed by atoms with E-state index in [1.165, 1.54) is 11.1 Å². The summed E-state index contributed by atoms with van der Waals surface area (Å²) < 4.78 is 0. The van der Waals surface area contributed by atoms with Gasteiger partial charge in [0.05, 0.1) is 0 Å². The maximum absolute atomic E-state index is 3.68. The molecular weight excluding hydrogens is 292 g/mol. The molecule has 0 spiro atoms. The minimum atomic E-state index is 0.151. The van der Waals surface area contributed by atoms with Crippen molar-refractivity contribution in [2.45, 2.75) is 58.8 Å². The van der Waals surface area contributed by atoms with Crippen molar-refractivity contribution in [3.8, 4) is 0 Å². The number of nitrogens with zero attached hydrogens (tertiary/aromatic N) is 1. The largest absolute Gasteiger partial charge is 0.311 e. The van der Waals surface area contributed by atoms with E-state index < -0.39 is 0 Å². The predicted octanol–water partition coefficient (Wildman–Crippen LogP) is 4.86. The fourth-order valence-electron chi connectivity index (χ4n) is 2.91. The summed E-state index contributed by atoms with van der Waals surface area (Å²) in [5.41, 5.74) is 2.91. The number of rotatable bonds is 8. The molecule has 2 aromatic rings. The summed E-state index contributed by atoms with van der Waals surface area (Å²) in [5.74, 6) is 0. The Morgan fingerprint density at radius 1 is 0.833 bits per heavy atom. The van der Waals surface area contributed by atoms with Crippen LogP contribution in [0.3, 0.4) is 0 Å². The van der Waals surface area contributed by atoms with E-state index in [0.717, 1.165) is 26.1 Å². The highest BCUT2D eigenvalue weighted by atomic mass is 15.2. The molecule has 0 saturated heterocycles. The third-order valence-corrected chi connectivity index (χ3v) is 4.31. The Morgan fingerprint density at radius 3 is 1.67 bits per heavy atom. The third kappa shape index (κ3) is 6.46. The van der Waals surface area contributed by atoms with Crippen LogP contribution in [-0.4, -0.2) is 23.0 Å². The van der Waals surface area contributed by atoms with Crippen LogP contribution < -0.4 is 5.32 Å². The molecule has 130 valence electrons. The lowest BCUT2D eigenvalue weighted by molar-refractivity contribution is 0.161. The lowest BCUT2D eigenvalue weighted by Gasteiger charge is -2.34. The second kappa shape index (κ2) is 9.00. The first-order chi connectivity index (χ1) is 11.5. The minimum Gasteiger partial charge on any atom is -0.311 e. The number of benzene rings is 2. The maximum Gasteiger partial charge on any atom is 0.0240 e. The lowest BCUT2D eigenvalue weighted by Crippen LogP contribution is -2.47. The molecule has 0 fully saturated rings. The molecule has 2 rings (SSSR count). The van der Waals surface area contributed by atoms with Gasteiger partial charge in [0.2, 0.25) is 0 Å². The van der Waals surface area contributed by atoms with Crippen LogP contribution in [0.15, 0.2) is 60.7 Å². The van der Waals surface area contributed by atoms with Gasteiger partial charge in [-0.05, 0) is 38.3 Å². The van der Waals surface area contributed by atoms with Crippen molar-refractivity contribution < 1.29 is 0 Å². The monoisotopic (exact) mass is 324 g/mol. The molecule has 0 saturated carbocycles.